The minimum atomic E-state index is -1.27. The SMILES string of the molecule is CC1([Si](C)(C)C)C=CC(C(=O)c2ccccc2)=CC1. The molecular weight excluding hydrogens is 248 g/mol. The highest BCUT2D eigenvalue weighted by atomic mass is 28.3. The van der Waals surface area contributed by atoms with Crippen LogP contribution in [0.1, 0.15) is 23.7 Å². The highest BCUT2D eigenvalue weighted by Crippen LogP contribution is 2.45. The third-order valence-electron chi connectivity index (χ3n) is 4.39. The summed E-state index contributed by atoms with van der Waals surface area (Å²) in [5.41, 5.74) is 1.61. The van der Waals surface area contributed by atoms with Crippen molar-refractivity contribution in [2.45, 2.75) is 38.0 Å². The van der Waals surface area contributed by atoms with Gasteiger partial charge in [-0.3, -0.25) is 4.79 Å². The van der Waals surface area contributed by atoms with E-state index in [0.717, 1.165) is 17.6 Å². The summed E-state index contributed by atoms with van der Waals surface area (Å²) < 4.78 is 0. The Morgan fingerprint density at radius 2 is 1.79 bits per heavy atom. The fraction of sp³-hybridized carbons (Fsp3) is 0.353. The third-order valence-corrected chi connectivity index (χ3v) is 8.19. The molecule has 2 rings (SSSR count). The summed E-state index contributed by atoms with van der Waals surface area (Å²) in [7, 11) is -1.27. The molecule has 0 saturated heterocycles. The van der Waals surface area contributed by atoms with Crippen LogP contribution in [0.2, 0.25) is 24.7 Å². The van der Waals surface area contributed by atoms with E-state index in [1.165, 1.54) is 0 Å². The second-order valence-corrected chi connectivity index (χ2v) is 12.2. The van der Waals surface area contributed by atoms with Gasteiger partial charge >= 0.3 is 0 Å². The van der Waals surface area contributed by atoms with Gasteiger partial charge in [-0.2, -0.15) is 0 Å². The first kappa shape index (κ1) is 14.0. The summed E-state index contributed by atoms with van der Waals surface area (Å²) in [5.74, 6) is 0.134. The molecule has 1 aliphatic carbocycles. The molecule has 0 aliphatic heterocycles. The molecule has 0 spiro atoms. The Kier molecular flexibility index (Phi) is 3.63. The molecule has 0 N–H and O–H groups in total. The molecule has 100 valence electrons. The highest BCUT2D eigenvalue weighted by molar-refractivity contribution is 6.79. The Bertz CT molecular complexity index is 534. The van der Waals surface area contributed by atoms with Gasteiger partial charge in [-0.05, 0) is 11.5 Å². The predicted octanol–water partition coefficient (Wildman–Crippen LogP) is 4.85. The van der Waals surface area contributed by atoms with Crippen molar-refractivity contribution in [3.05, 3.63) is 59.7 Å². The van der Waals surface area contributed by atoms with Gasteiger partial charge < -0.3 is 0 Å². The van der Waals surface area contributed by atoms with Crippen LogP contribution >= 0.6 is 0 Å². The average Bonchev–Trinajstić information content (AvgIpc) is 2.39. The van der Waals surface area contributed by atoms with Crippen LogP contribution in [0.15, 0.2) is 54.1 Å². The summed E-state index contributed by atoms with van der Waals surface area (Å²) >= 11 is 0. The van der Waals surface area contributed by atoms with E-state index in [9.17, 15) is 4.79 Å². The molecule has 0 heterocycles. The van der Waals surface area contributed by atoms with Gasteiger partial charge in [-0.25, -0.2) is 0 Å². The summed E-state index contributed by atoms with van der Waals surface area (Å²) in [4.78, 5) is 12.4. The molecule has 2 heteroatoms. The van der Waals surface area contributed by atoms with Crippen molar-refractivity contribution in [3.8, 4) is 0 Å². The van der Waals surface area contributed by atoms with Gasteiger partial charge in [0.2, 0.25) is 0 Å². The lowest BCUT2D eigenvalue weighted by Gasteiger charge is -2.39. The van der Waals surface area contributed by atoms with Gasteiger partial charge in [0.1, 0.15) is 0 Å². The van der Waals surface area contributed by atoms with Crippen LogP contribution in [0.3, 0.4) is 0 Å². The molecule has 1 aromatic rings. The number of benzene rings is 1. The monoisotopic (exact) mass is 270 g/mol. The average molecular weight is 270 g/mol. The van der Waals surface area contributed by atoms with Crippen molar-refractivity contribution in [3.63, 3.8) is 0 Å². The molecule has 19 heavy (non-hydrogen) atoms. The molecule has 1 unspecified atom stereocenters. The van der Waals surface area contributed by atoms with Crippen LogP contribution < -0.4 is 0 Å². The van der Waals surface area contributed by atoms with E-state index in [1.807, 2.05) is 36.4 Å². The van der Waals surface area contributed by atoms with Crippen molar-refractivity contribution in [1.82, 2.24) is 0 Å². The fourth-order valence-corrected chi connectivity index (χ4v) is 3.51. The quantitative estimate of drug-likeness (QED) is 0.566. The van der Waals surface area contributed by atoms with E-state index in [1.54, 1.807) is 0 Å². The van der Waals surface area contributed by atoms with E-state index in [-0.39, 0.29) is 10.8 Å². The molecule has 0 saturated carbocycles. The van der Waals surface area contributed by atoms with Crippen LogP contribution in [0.5, 0.6) is 0 Å². The molecule has 0 amide bonds. The zero-order chi connectivity index (χ0) is 14.1. The third kappa shape index (κ3) is 2.79. The van der Waals surface area contributed by atoms with Crippen molar-refractivity contribution in [1.29, 1.82) is 0 Å². The molecule has 1 atom stereocenters. The lowest BCUT2D eigenvalue weighted by atomic mass is 9.93. The molecule has 1 nitrogen and oxygen atoms in total. The maximum absolute atomic E-state index is 12.4. The number of carbonyl (C=O) groups excluding carboxylic acids is 1. The van der Waals surface area contributed by atoms with Crippen LogP contribution in [0.4, 0.5) is 0 Å². The van der Waals surface area contributed by atoms with Gasteiger partial charge in [0.15, 0.2) is 5.78 Å². The van der Waals surface area contributed by atoms with Crippen molar-refractivity contribution in [2.24, 2.45) is 0 Å². The maximum atomic E-state index is 12.4. The van der Waals surface area contributed by atoms with Gasteiger partial charge in [0, 0.05) is 11.1 Å². The largest absolute Gasteiger partial charge is 0.289 e. The first-order valence-corrected chi connectivity index (χ1v) is 10.3. The number of allylic oxidation sites excluding steroid dienone is 4. The fourth-order valence-electron chi connectivity index (χ4n) is 2.21. The lowest BCUT2D eigenvalue weighted by molar-refractivity contribution is 0.103. The van der Waals surface area contributed by atoms with Crippen LogP contribution in [-0.2, 0) is 0 Å². The number of rotatable bonds is 3. The first-order chi connectivity index (χ1) is 8.83. The molecule has 0 fully saturated rings. The zero-order valence-electron chi connectivity index (χ0n) is 12.2. The van der Waals surface area contributed by atoms with E-state index in [2.05, 4.69) is 38.7 Å². The number of hydrogen-bond donors (Lipinski definition) is 0. The van der Waals surface area contributed by atoms with E-state index >= 15 is 0 Å². The Morgan fingerprint density at radius 3 is 2.26 bits per heavy atom. The van der Waals surface area contributed by atoms with Crippen LogP contribution in [0.25, 0.3) is 0 Å². The topological polar surface area (TPSA) is 17.1 Å². The first-order valence-electron chi connectivity index (χ1n) is 6.83. The van der Waals surface area contributed by atoms with Gasteiger partial charge in [0.25, 0.3) is 0 Å². The minimum absolute atomic E-state index is 0.134. The van der Waals surface area contributed by atoms with Crippen molar-refractivity contribution < 1.29 is 4.79 Å². The molecule has 0 radical (unpaired) electrons. The number of Topliss-reactive ketones (excluding diaryl/α,β-unsaturated/α-hetero) is 1. The molecule has 0 bridgehead atoms. The van der Waals surface area contributed by atoms with E-state index < -0.39 is 8.07 Å². The van der Waals surface area contributed by atoms with Crippen molar-refractivity contribution in [2.75, 3.05) is 0 Å². The second kappa shape index (κ2) is 4.93. The summed E-state index contributed by atoms with van der Waals surface area (Å²) in [5, 5.41) is 0.257. The number of hydrogen-bond acceptors (Lipinski definition) is 1. The molecular formula is C17H22OSi. The molecule has 0 aromatic heterocycles. The predicted molar refractivity (Wildman–Crippen MR) is 84.3 cm³/mol. The second-order valence-electron chi connectivity index (χ2n) is 6.56. The Labute approximate surface area is 117 Å². The standard InChI is InChI=1S/C17H22OSi/c1-17(19(2,3)4)12-10-15(11-13-17)16(18)14-8-6-5-7-9-14/h5-12H,13H2,1-4H3. The van der Waals surface area contributed by atoms with Crippen LogP contribution in [-0.4, -0.2) is 13.9 Å². The maximum Gasteiger partial charge on any atom is 0.192 e. The van der Waals surface area contributed by atoms with Crippen LogP contribution in [0, 0.1) is 0 Å². The number of carbonyl (C=O) groups is 1. The van der Waals surface area contributed by atoms with Gasteiger partial charge in [0.05, 0.1) is 8.07 Å². The lowest BCUT2D eigenvalue weighted by Crippen LogP contribution is -2.36. The number of ketones is 1. The van der Waals surface area contributed by atoms with Gasteiger partial charge in [-0.15, -0.1) is 0 Å². The summed E-state index contributed by atoms with van der Waals surface area (Å²) in [6.45, 7) is 9.47. The summed E-state index contributed by atoms with van der Waals surface area (Å²) in [6.07, 6.45) is 7.38. The Balaban J connectivity index is 2.20. The normalized spacial score (nSPS) is 23.1. The Morgan fingerprint density at radius 1 is 1.16 bits per heavy atom. The minimum Gasteiger partial charge on any atom is -0.289 e. The zero-order valence-corrected chi connectivity index (χ0v) is 13.2. The van der Waals surface area contributed by atoms with E-state index in [4.69, 9.17) is 0 Å². The molecule has 1 aromatic carbocycles. The van der Waals surface area contributed by atoms with Crippen molar-refractivity contribution >= 4 is 13.9 Å². The highest BCUT2D eigenvalue weighted by Gasteiger charge is 2.37. The molecule has 1 aliphatic rings. The Hall–Kier alpha value is -1.41. The van der Waals surface area contributed by atoms with Gasteiger partial charge in [-0.1, -0.05) is 75.1 Å². The summed E-state index contributed by atoms with van der Waals surface area (Å²) in [6, 6.07) is 9.51. The smallest absolute Gasteiger partial charge is 0.192 e. The van der Waals surface area contributed by atoms with E-state index in [0.29, 0.717) is 0 Å².